The molecule has 1 atom stereocenters. The van der Waals surface area contributed by atoms with Gasteiger partial charge in [-0.2, -0.15) is 0 Å². The Morgan fingerprint density at radius 3 is 2.33 bits per heavy atom. The molecule has 0 aromatic carbocycles. The summed E-state index contributed by atoms with van der Waals surface area (Å²) >= 11 is 0. The predicted molar refractivity (Wildman–Crippen MR) is 62.2 cm³/mol. The molecule has 0 radical (unpaired) electrons. The zero-order valence-corrected chi connectivity index (χ0v) is 10.3. The van der Waals surface area contributed by atoms with Gasteiger partial charge in [0.2, 0.25) is 0 Å². The molecule has 0 N–H and O–H groups in total. The lowest BCUT2D eigenvalue weighted by molar-refractivity contribution is -0.160. The van der Waals surface area contributed by atoms with E-state index in [9.17, 15) is 4.79 Å². The maximum Gasteiger partial charge on any atom is 0.313 e. The fourth-order valence-electron chi connectivity index (χ4n) is 0.841. The Bertz CT molecular complexity index is 304. The lowest BCUT2D eigenvalue weighted by Crippen LogP contribution is -2.35. The minimum Gasteiger partial charge on any atom is -0.442 e. The Morgan fingerprint density at radius 2 is 2.00 bits per heavy atom. The van der Waals surface area contributed by atoms with Gasteiger partial charge in [0.25, 0.3) is 0 Å². The summed E-state index contributed by atoms with van der Waals surface area (Å²) in [6.07, 6.45) is 2.28. The zero-order valence-electron chi connectivity index (χ0n) is 10.3. The number of hydrogen-bond acceptors (Lipinski definition) is 2. The summed E-state index contributed by atoms with van der Waals surface area (Å²) in [5.74, 6) is 5.32. The molecule has 0 aliphatic heterocycles. The summed E-state index contributed by atoms with van der Waals surface area (Å²) in [4.78, 5) is 11.8. The van der Waals surface area contributed by atoms with Crippen LogP contribution in [0, 0.1) is 17.3 Å². The molecule has 0 aromatic rings. The van der Waals surface area contributed by atoms with Gasteiger partial charge in [-0.1, -0.05) is 19.4 Å². The normalized spacial score (nSPS) is 14.5. The van der Waals surface area contributed by atoms with E-state index in [1.54, 1.807) is 19.9 Å². The van der Waals surface area contributed by atoms with Gasteiger partial charge >= 0.3 is 5.97 Å². The molecular weight excluding hydrogens is 188 g/mol. The number of hydrogen-bond donors (Lipinski definition) is 0. The lowest BCUT2D eigenvalue weighted by Gasteiger charge is -2.27. The van der Waals surface area contributed by atoms with Crippen molar-refractivity contribution < 1.29 is 9.53 Å². The van der Waals surface area contributed by atoms with Crippen LogP contribution in [0.2, 0.25) is 0 Å². The molecule has 0 aliphatic rings. The third-order valence-corrected chi connectivity index (χ3v) is 2.50. The quantitative estimate of drug-likeness (QED) is 0.403. The topological polar surface area (TPSA) is 26.3 Å². The van der Waals surface area contributed by atoms with Crippen molar-refractivity contribution in [3.05, 3.63) is 12.7 Å². The molecule has 0 rings (SSSR count). The predicted octanol–water partition coefficient (Wildman–Crippen LogP) is 2.93. The first-order chi connectivity index (χ1) is 6.81. The second kappa shape index (κ2) is 5.02. The summed E-state index contributed by atoms with van der Waals surface area (Å²) in [6.45, 7) is 12.8. The molecule has 0 fully saturated rings. The Kier molecular flexibility index (Phi) is 4.61. The van der Waals surface area contributed by atoms with Gasteiger partial charge in [0.15, 0.2) is 5.60 Å². The molecule has 0 amide bonds. The van der Waals surface area contributed by atoms with Crippen LogP contribution in [0.15, 0.2) is 12.7 Å². The van der Waals surface area contributed by atoms with Crippen molar-refractivity contribution in [3.63, 3.8) is 0 Å². The molecule has 15 heavy (non-hydrogen) atoms. The molecular formula is C13H20O2. The van der Waals surface area contributed by atoms with Gasteiger partial charge in [-0.3, -0.25) is 4.79 Å². The van der Waals surface area contributed by atoms with Gasteiger partial charge in [0.1, 0.15) is 0 Å². The number of esters is 1. The number of carbonyl (C=O) groups excluding carboxylic acids is 1. The molecule has 0 saturated heterocycles. The van der Waals surface area contributed by atoms with Gasteiger partial charge in [-0.25, -0.2) is 0 Å². The number of ether oxygens (including phenoxy) is 1. The van der Waals surface area contributed by atoms with E-state index in [-0.39, 0.29) is 5.97 Å². The maximum atomic E-state index is 11.8. The highest BCUT2D eigenvalue weighted by molar-refractivity contribution is 5.76. The van der Waals surface area contributed by atoms with E-state index in [1.165, 1.54) is 0 Å². The van der Waals surface area contributed by atoms with Gasteiger partial charge in [0, 0.05) is 0 Å². The minimum atomic E-state index is -0.877. The van der Waals surface area contributed by atoms with Crippen LogP contribution in [-0.4, -0.2) is 11.6 Å². The van der Waals surface area contributed by atoms with E-state index in [2.05, 4.69) is 18.4 Å². The minimum absolute atomic E-state index is 0.241. The fourth-order valence-corrected chi connectivity index (χ4v) is 0.841. The molecule has 2 nitrogen and oxygen atoms in total. The van der Waals surface area contributed by atoms with Crippen molar-refractivity contribution in [2.45, 2.75) is 46.6 Å². The third-order valence-electron chi connectivity index (χ3n) is 2.50. The van der Waals surface area contributed by atoms with Gasteiger partial charge < -0.3 is 4.74 Å². The SMILES string of the molecule is C=CC(C)(C#CC)OC(=O)C(C)(C)CC. The highest BCUT2D eigenvalue weighted by atomic mass is 16.6. The Hall–Kier alpha value is -1.23. The Morgan fingerprint density at radius 1 is 1.47 bits per heavy atom. The van der Waals surface area contributed by atoms with Crippen LogP contribution >= 0.6 is 0 Å². The largest absolute Gasteiger partial charge is 0.442 e. The van der Waals surface area contributed by atoms with Crippen LogP contribution in [0.4, 0.5) is 0 Å². The molecule has 84 valence electrons. The van der Waals surface area contributed by atoms with Crippen LogP contribution in [0.25, 0.3) is 0 Å². The molecule has 0 spiro atoms. The standard InChI is InChI=1S/C13H20O2/c1-7-10-13(6,9-3)15-11(14)12(4,5)8-2/h9H,3,8H2,1-2,4-6H3. The lowest BCUT2D eigenvalue weighted by atomic mass is 9.90. The van der Waals surface area contributed by atoms with E-state index < -0.39 is 11.0 Å². The van der Waals surface area contributed by atoms with Crippen molar-refractivity contribution in [2.75, 3.05) is 0 Å². The first-order valence-electron chi connectivity index (χ1n) is 5.12. The summed E-state index contributed by atoms with van der Waals surface area (Å²) in [5.41, 5.74) is -1.35. The molecule has 0 heterocycles. The molecule has 0 aliphatic carbocycles. The highest BCUT2D eigenvalue weighted by Crippen LogP contribution is 2.25. The van der Waals surface area contributed by atoms with E-state index in [0.717, 1.165) is 6.42 Å². The summed E-state index contributed by atoms with van der Waals surface area (Å²) in [6, 6.07) is 0. The molecule has 0 aromatic heterocycles. The van der Waals surface area contributed by atoms with Crippen LogP contribution in [0.5, 0.6) is 0 Å². The molecule has 1 unspecified atom stereocenters. The van der Waals surface area contributed by atoms with Gasteiger partial charge in [0.05, 0.1) is 5.41 Å². The number of rotatable bonds is 4. The fraction of sp³-hybridized carbons (Fsp3) is 0.615. The smallest absolute Gasteiger partial charge is 0.313 e. The third kappa shape index (κ3) is 3.79. The monoisotopic (exact) mass is 208 g/mol. The summed E-state index contributed by atoms with van der Waals surface area (Å²) < 4.78 is 5.35. The van der Waals surface area contributed by atoms with Crippen LogP contribution < -0.4 is 0 Å². The van der Waals surface area contributed by atoms with Crippen molar-refractivity contribution in [2.24, 2.45) is 5.41 Å². The Balaban J connectivity index is 4.77. The summed E-state index contributed by atoms with van der Waals surface area (Å²) in [7, 11) is 0. The van der Waals surface area contributed by atoms with E-state index in [1.807, 2.05) is 20.8 Å². The van der Waals surface area contributed by atoms with Crippen molar-refractivity contribution in [1.29, 1.82) is 0 Å². The summed E-state index contributed by atoms with van der Waals surface area (Å²) in [5, 5.41) is 0. The second-order valence-corrected chi connectivity index (χ2v) is 4.31. The molecule has 2 heteroatoms. The second-order valence-electron chi connectivity index (χ2n) is 4.31. The van der Waals surface area contributed by atoms with Crippen LogP contribution in [-0.2, 0) is 9.53 Å². The first-order valence-corrected chi connectivity index (χ1v) is 5.12. The maximum absolute atomic E-state index is 11.8. The first kappa shape index (κ1) is 13.8. The van der Waals surface area contributed by atoms with E-state index in [0.29, 0.717) is 0 Å². The average Bonchev–Trinajstić information content (AvgIpc) is 2.18. The van der Waals surface area contributed by atoms with Crippen LogP contribution in [0.1, 0.15) is 41.0 Å². The van der Waals surface area contributed by atoms with Crippen molar-refractivity contribution in [3.8, 4) is 11.8 Å². The van der Waals surface area contributed by atoms with Gasteiger partial charge in [-0.15, -0.1) is 5.92 Å². The van der Waals surface area contributed by atoms with E-state index in [4.69, 9.17) is 4.74 Å². The van der Waals surface area contributed by atoms with Crippen molar-refractivity contribution >= 4 is 5.97 Å². The zero-order chi connectivity index (χ0) is 12.1. The average molecular weight is 208 g/mol. The molecule has 0 bridgehead atoms. The highest BCUT2D eigenvalue weighted by Gasteiger charge is 2.32. The number of carbonyl (C=O) groups is 1. The van der Waals surface area contributed by atoms with E-state index >= 15 is 0 Å². The van der Waals surface area contributed by atoms with Gasteiger partial charge in [-0.05, 0) is 40.2 Å². The Labute approximate surface area is 92.7 Å². The van der Waals surface area contributed by atoms with Crippen LogP contribution in [0.3, 0.4) is 0 Å². The molecule has 0 saturated carbocycles. The van der Waals surface area contributed by atoms with Crippen molar-refractivity contribution in [1.82, 2.24) is 0 Å².